The molecular weight excluding hydrogens is 152 g/mol. The first-order chi connectivity index (χ1) is 5.56. The third-order valence-electron chi connectivity index (χ3n) is 2.14. The van der Waals surface area contributed by atoms with Gasteiger partial charge in [-0.3, -0.25) is 0 Å². The first-order valence-corrected chi connectivity index (χ1v) is 4.59. The van der Waals surface area contributed by atoms with Gasteiger partial charge in [0.15, 0.2) is 0 Å². The smallest absolute Gasteiger partial charge is 0.0623 e. The Kier molecular flexibility index (Phi) is 3.09. The van der Waals surface area contributed by atoms with E-state index in [2.05, 4.69) is 17.1 Å². The third kappa shape index (κ3) is 3.09. The van der Waals surface area contributed by atoms with Crippen molar-refractivity contribution in [2.75, 3.05) is 27.2 Å². The zero-order chi connectivity index (χ0) is 9.19. The van der Waals surface area contributed by atoms with Gasteiger partial charge in [0, 0.05) is 12.6 Å². The minimum absolute atomic E-state index is 0.120. The molecule has 0 amide bonds. The van der Waals surface area contributed by atoms with E-state index in [4.69, 9.17) is 0 Å². The second-order valence-corrected chi connectivity index (χ2v) is 4.38. The van der Waals surface area contributed by atoms with Gasteiger partial charge in [-0.05, 0) is 33.9 Å². The first-order valence-electron chi connectivity index (χ1n) is 4.59. The van der Waals surface area contributed by atoms with Crippen molar-refractivity contribution < 1.29 is 5.11 Å². The molecule has 1 saturated carbocycles. The van der Waals surface area contributed by atoms with E-state index in [-0.39, 0.29) is 12.1 Å². The van der Waals surface area contributed by atoms with E-state index in [1.165, 1.54) is 12.8 Å². The maximum absolute atomic E-state index is 9.22. The zero-order valence-corrected chi connectivity index (χ0v) is 8.30. The van der Waals surface area contributed by atoms with Crippen molar-refractivity contribution in [1.29, 1.82) is 0 Å². The van der Waals surface area contributed by atoms with Crippen LogP contribution < -0.4 is 5.32 Å². The molecule has 0 radical (unpaired) electrons. The maximum atomic E-state index is 9.22. The highest BCUT2D eigenvalue weighted by Gasteiger charge is 2.32. The number of hydrogen-bond donors (Lipinski definition) is 2. The number of hydrogen-bond acceptors (Lipinski definition) is 3. The van der Waals surface area contributed by atoms with Crippen molar-refractivity contribution in [3.05, 3.63) is 0 Å². The van der Waals surface area contributed by atoms with Gasteiger partial charge in [-0.15, -0.1) is 0 Å². The number of rotatable bonds is 5. The van der Waals surface area contributed by atoms with E-state index in [9.17, 15) is 5.11 Å². The van der Waals surface area contributed by atoms with Crippen LogP contribution in [-0.2, 0) is 0 Å². The summed E-state index contributed by atoms with van der Waals surface area (Å²) in [5, 5.41) is 12.7. The fourth-order valence-corrected chi connectivity index (χ4v) is 1.56. The highest BCUT2D eigenvalue weighted by Crippen LogP contribution is 2.22. The largest absolute Gasteiger partial charge is 0.394 e. The van der Waals surface area contributed by atoms with Gasteiger partial charge in [-0.2, -0.15) is 0 Å². The summed E-state index contributed by atoms with van der Waals surface area (Å²) in [5.41, 5.74) is -0.120. The van der Waals surface area contributed by atoms with Crippen LogP contribution in [0.2, 0.25) is 0 Å². The molecule has 0 bridgehead atoms. The zero-order valence-electron chi connectivity index (χ0n) is 8.30. The predicted octanol–water partition coefficient (Wildman–Crippen LogP) is 0.0510. The summed E-state index contributed by atoms with van der Waals surface area (Å²) in [7, 11) is 4.06. The summed E-state index contributed by atoms with van der Waals surface area (Å²) in [5.74, 6) is 0. The molecule has 1 aliphatic carbocycles. The molecular formula is C9H20N2O. The molecule has 1 unspecified atom stereocenters. The van der Waals surface area contributed by atoms with E-state index in [1.807, 2.05) is 14.1 Å². The van der Waals surface area contributed by atoms with Gasteiger partial charge in [0.25, 0.3) is 0 Å². The minimum Gasteiger partial charge on any atom is -0.394 e. The van der Waals surface area contributed by atoms with Crippen molar-refractivity contribution in [2.45, 2.75) is 31.3 Å². The van der Waals surface area contributed by atoms with E-state index >= 15 is 0 Å². The lowest BCUT2D eigenvalue weighted by molar-refractivity contribution is 0.140. The van der Waals surface area contributed by atoms with Crippen LogP contribution in [-0.4, -0.2) is 48.8 Å². The van der Waals surface area contributed by atoms with Crippen LogP contribution in [0.5, 0.6) is 0 Å². The lowest BCUT2D eigenvalue weighted by atomic mass is 10.0. The quantitative estimate of drug-likeness (QED) is 0.615. The van der Waals surface area contributed by atoms with E-state index in [0.717, 1.165) is 6.54 Å². The lowest BCUT2D eigenvalue weighted by Crippen LogP contribution is -2.53. The highest BCUT2D eigenvalue weighted by atomic mass is 16.3. The average Bonchev–Trinajstić information content (AvgIpc) is 2.70. The van der Waals surface area contributed by atoms with Crippen LogP contribution >= 0.6 is 0 Å². The molecule has 3 nitrogen and oxygen atoms in total. The molecule has 0 aliphatic heterocycles. The normalized spacial score (nSPS) is 22.8. The van der Waals surface area contributed by atoms with Crippen LogP contribution in [0.3, 0.4) is 0 Å². The number of nitrogens with one attached hydrogen (secondary N) is 1. The van der Waals surface area contributed by atoms with Crippen molar-refractivity contribution >= 4 is 0 Å². The van der Waals surface area contributed by atoms with Gasteiger partial charge < -0.3 is 15.3 Å². The average molecular weight is 172 g/mol. The Morgan fingerprint density at radius 1 is 1.50 bits per heavy atom. The number of aliphatic hydroxyl groups excluding tert-OH is 1. The Morgan fingerprint density at radius 2 is 2.08 bits per heavy atom. The molecule has 0 heterocycles. The number of nitrogens with zero attached hydrogens (tertiary/aromatic N) is 1. The molecule has 0 aromatic heterocycles. The van der Waals surface area contributed by atoms with E-state index < -0.39 is 0 Å². The Labute approximate surface area is 74.8 Å². The van der Waals surface area contributed by atoms with Gasteiger partial charge in [-0.1, -0.05) is 0 Å². The van der Waals surface area contributed by atoms with Crippen LogP contribution in [0.25, 0.3) is 0 Å². The molecule has 12 heavy (non-hydrogen) atoms. The van der Waals surface area contributed by atoms with Gasteiger partial charge >= 0.3 is 0 Å². The van der Waals surface area contributed by atoms with E-state index in [0.29, 0.717) is 6.04 Å². The van der Waals surface area contributed by atoms with Crippen molar-refractivity contribution in [2.24, 2.45) is 0 Å². The topological polar surface area (TPSA) is 35.5 Å². The van der Waals surface area contributed by atoms with Crippen molar-refractivity contribution in [3.63, 3.8) is 0 Å². The molecule has 72 valence electrons. The van der Waals surface area contributed by atoms with Crippen LogP contribution in [0.1, 0.15) is 19.8 Å². The summed E-state index contributed by atoms with van der Waals surface area (Å²) in [6, 6.07) is 0.655. The second-order valence-electron chi connectivity index (χ2n) is 4.38. The molecule has 0 aromatic carbocycles. The Bertz CT molecular complexity index is 139. The predicted molar refractivity (Wildman–Crippen MR) is 50.2 cm³/mol. The number of aliphatic hydroxyl groups is 1. The standard InChI is InChI=1S/C9H20N2O/c1-9(7-12,6-11(2)3)10-8-4-5-8/h8,10,12H,4-7H2,1-3H3. The SMILES string of the molecule is CN(C)CC(C)(CO)NC1CC1. The maximum Gasteiger partial charge on any atom is 0.0623 e. The Balaban J connectivity index is 2.36. The van der Waals surface area contributed by atoms with Gasteiger partial charge in [0.2, 0.25) is 0 Å². The summed E-state index contributed by atoms with van der Waals surface area (Å²) in [4.78, 5) is 2.10. The summed E-state index contributed by atoms with van der Waals surface area (Å²) >= 11 is 0. The molecule has 2 N–H and O–H groups in total. The molecule has 0 spiro atoms. The molecule has 3 heteroatoms. The first kappa shape index (κ1) is 9.96. The molecule has 1 aliphatic rings. The Morgan fingerprint density at radius 3 is 2.42 bits per heavy atom. The lowest BCUT2D eigenvalue weighted by Gasteiger charge is -2.31. The van der Waals surface area contributed by atoms with Gasteiger partial charge in [0.1, 0.15) is 0 Å². The van der Waals surface area contributed by atoms with Crippen LogP contribution in [0, 0.1) is 0 Å². The Hall–Kier alpha value is -0.120. The monoisotopic (exact) mass is 172 g/mol. The highest BCUT2D eigenvalue weighted by molar-refractivity contribution is 4.93. The fraction of sp³-hybridized carbons (Fsp3) is 1.00. The summed E-state index contributed by atoms with van der Waals surface area (Å²) < 4.78 is 0. The van der Waals surface area contributed by atoms with Crippen LogP contribution in [0.4, 0.5) is 0 Å². The molecule has 1 fully saturated rings. The van der Waals surface area contributed by atoms with Crippen molar-refractivity contribution in [3.8, 4) is 0 Å². The molecule has 1 rings (SSSR count). The second kappa shape index (κ2) is 3.73. The van der Waals surface area contributed by atoms with Gasteiger partial charge in [0.05, 0.1) is 12.1 Å². The van der Waals surface area contributed by atoms with Crippen LogP contribution in [0.15, 0.2) is 0 Å². The molecule has 0 aromatic rings. The molecule has 1 atom stereocenters. The summed E-state index contributed by atoms with van der Waals surface area (Å²) in [6.07, 6.45) is 2.53. The summed E-state index contributed by atoms with van der Waals surface area (Å²) in [6.45, 7) is 3.17. The third-order valence-corrected chi connectivity index (χ3v) is 2.14. The number of likely N-dealkylation sites (N-methyl/N-ethyl adjacent to an activating group) is 1. The fourth-order valence-electron chi connectivity index (χ4n) is 1.56. The minimum atomic E-state index is -0.120. The van der Waals surface area contributed by atoms with Crippen molar-refractivity contribution in [1.82, 2.24) is 10.2 Å². The van der Waals surface area contributed by atoms with E-state index in [1.54, 1.807) is 0 Å². The molecule has 0 saturated heterocycles. The van der Waals surface area contributed by atoms with Gasteiger partial charge in [-0.25, -0.2) is 0 Å².